The molecule has 3 aromatic rings. The quantitative estimate of drug-likeness (QED) is 0.141. The first kappa shape index (κ1) is 38.7. The molecule has 0 aliphatic carbocycles. The molecular formula is C40H54Cl2N2O3. The number of fused-ring (bicyclic) bond motifs is 1. The van der Waals surface area contributed by atoms with Crippen LogP contribution in [0, 0.1) is 12.8 Å². The van der Waals surface area contributed by atoms with Gasteiger partial charge in [-0.15, -0.1) is 24.8 Å². The van der Waals surface area contributed by atoms with E-state index in [2.05, 4.69) is 77.4 Å². The number of benzene rings is 3. The first-order valence-corrected chi connectivity index (χ1v) is 17.1. The summed E-state index contributed by atoms with van der Waals surface area (Å²) >= 11 is 0. The van der Waals surface area contributed by atoms with Gasteiger partial charge in [0.25, 0.3) is 0 Å². The van der Waals surface area contributed by atoms with E-state index in [1.165, 1.54) is 40.7 Å². The lowest BCUT2D eigenvalue weighted by Gasteiger charge is -2.32. The van der Waals surface area contributed by atoms with E-state index in [0.717, 1.165) is 76.1 Å². The summed E-state index contributed by atoms with van der Waals surface area (Å²) in [6.45, 7) is 14.3. The molecule has 1 fully saturated rings. The second-order valence-electron chi connectivity index (χ2n) is 13.8. The second-order valence-corrected chi connectivity index (χ2v) is 13.8. The highest BCUT2D eigenvalue weighted by atomic mass is 35.5. The molecule has 47 heavy (non-hydrogen) atoms. The van der Waals surface area contributed by atoms with Gasteiger partial charge >= 0.3 is 5.97 Å². The molecule has 3 aromatic carbocycles. The van der Waals surface area contributed by atoms with Crippen molar-refractivity contribution in [3.8, 4) is 0 Å². The van der Waals surface area contributed by atoms with Gasteiger partial charge in [-0.1, -0.05) is 60.7 Å². The van der Waals surface area contributed by atoms with Crippen LogP contribution < -0.4 is 0 Å². The Labute approximate surface area is 295 Å². The van der Waals surface area contributed by atoms with E-state index in [1.807, 2.05) is 26.8 Å². The zero-order chi connectivity index (χ0) is 31.8. The van der Waals surface area contributed by atoms with Gasteiger partial charge in [-0.3, -0.25) is 19.4 Å². The molecule has 256 valence electrons. The van der Waals surface area contributed by atoms with Gasteiger partial charge in [-0.2, -0.15) is 0 Å². The third-order valence-corrected chi connectivity index (χ3v) is 10.1. The molecule has 2 heterocycles. The van der Waals surface area contributed by atoms with Crippen molar-refractivity contribution in [1.82, 2.24) is 9.80 Å². The lowest BCUT2D eigenvalue weighted by molar-refractivity contribution is -0.148. The Balaban J connectivity index is 0.00000300. The molecule has 5 nitrogen and oxygen atoms in total. The molecule has 0 radical (unpaired) electrons. The molecular weight excluding hydrogens is 627 g/mol. The number of carbonyl (C=O) groups excluding carboxylic acids is 2. The van der Waals surface area contributed by atoms with Crippen molar-refractivity contribution in [3.63, 3.8) is 0 Å². The largest absolute Gasteiger partial charge is 0.465 e. The Morgan fingerprint density at radius 3 is 2.38 bits per heavy atom. The minimum Gasteiger partial charge on any atom is -0.465 e. The van der Waals surface area contributed by atoms with Crippen LogP contribution in [0.15, 0.2) is 66.7 Å². The SMILES string of the molecule is CCOC(=O)C(C)(C)c1cccc(CN2CCC(CCCC(=O)c3ccc4c(c3)CN(Cc3ccccc3C)CCC4)CC2)c1.Cl.Cl. The van der Waals surface area contributed by atoms with E-state index in [-0.39, 0.29) is 36.6 Å². The topological polar surface area (TPSA) is 49.9 Å². The van der Waals surface area contributed by atoms with Crippen LogP contribution in [0.2, 0.25) is 0 Å². The molecule has 2 aliphatic rings. The Morgan fingerprint density at radius 1 is 0.872 bits per heavy atom. The number of hydrogen-bond donors (Lipinski definition) is 0. The number of carbonyl (C=O) groups is 2. The minimum atomic E-state index is -0.656. The lowest BCUT2D eigenvalue weighted by atomic mass is 9.84. The first-order valence-electron chi connectivity index (χ1n) is 17.1. The number of likely N-dealkylation sites (tertiary alicyclic amines) is 1. The fourth-order valence-corrected chi connectivity index (χ4v) is 7.04. The molecule has 0 aromatic heterocycles. The van der Waals surface area contributed by atoms with Crippen LogP contribution in [0.25, 0.3) is 0 Å². The van der Waals surface area contributed by atoms with E-state index < -0.39 is 5.41 Å². The second kappa shape index (κ2) is 18.2. The van der Waals surface area contributed by atoms with Crippen molar-refractivity contribution in [2.45, 2.75) is 97.7 Å². The summed E-state index contributed by atoms with van der Waals surface area (Å²) in [6.07, 6.45) is 7.32. The average molecular weight is 682 g/mol. The van der Waals surface area contributed by atoms with Crippen LogP contribution >= 0.6 is 24.8 Å². The number of esters is 1. The van der Waals surface area contributed by atoms with Crippen molar-refractivity contribution >= 4 is 36.6 Å². The predicted molar refractivity (Wildman–Crippen MR) is 197 cm³/mol. The molecule has 0 spiro atoms. The maximum atomic E-state index is 13.3. The van der Waals surface area contributed by atoms with Crippen molar-refractivity contribution in [1.29, 1.82) is 0 Å². The summed E-state index contributed by atoms with van der Waals surface area (Å²) in [5.41, 5.74) is 7.95. The third-order valence-electron chi connectivity index (χ3n) is 10.1. The van der Waals surface area contributed by atoms with Gasteiger partial charge in [0.2, 0.25) is 0 Å². The summed E-state index contributed by atoms with van der Waals surface area (Å²) in [6, 6.07) is 23.5. The summed E-state index contributed by atoms with van der Waals surface area (Å²) in [5.74, 6) is 0.796. The Hall–Kier alpha value is -2.70. The normalized spacial score (nSPS) is 15.9. The number of ether oxygens (including phenoxy) is 1. The zero-order valence-corrected chi connectivity index (χ0v) is 30.4. The number of halogens is 2. The van der Waals surface area contributed by atoms with Gasteiger partial charge in [0.15, 0.2) is 5.78 Å². The average Bonchev–Trinajstić information content (AvgIpc) is 3.24. The number of piperidine rings is 1. The van der Waals surface area contributed by atoms with Gasteiger partial charge in [-0.05, 0) is 131 Å². The van der Waals surface area contributed by atoms with E-state index in [0.29, 0.717) is 18.9 Å². The van der Waals surface area contributed by atoms with E-state index in [1.54, 1.807) is 0 Å². The predicted octanol–water partition coefficient (Wildman–Crippen LogP) is 8.89. The van der Waals surface area contributed by atoms with Gasteiger partial charge in [0, 0.05) is 31.6 Å². The maximum Gasteiger partial charge on any atom is 0.315 e. The molecule has 0 amide bonds. The Morgan fingerprint density at radius 2 is 1.64 bits per heavy atom. The summed E-state index contributed by atoms with van der Waals surface area (Å²) in [4.78, 5) is 30.8. The lowest BCUT2D eigenvalue weighted by Crippen LogP contribution is -2.34. The van der Waals surface area contributed by atoms with E-state index in [4.69, 9.17) is 4.74 Å². The van der Waals surface area contributed by atoms with E-state index in [9.17, 15) is 9.59 Å². The molecule has 0 saturated carbocycles. The number of aryl methyl sites for hydroxylation is 2. The maximum absolute atomic E-state index is 13.3. The van der Waals surface area contributed by atoms with Gasteiger partial charge < -0.3 is 4.74 Å². The first-order chi connectivity index (χ1) is 21.7. The fourth-order valence-electron chi connectivity index (χ4n) is 7.04. The van der Waals surface area contributed by atoms with Crippen molar-refractivity contribution in [2.24, 2.45) is 5.92 Å². The summed E-state index contributed by atoms with van der Waals surface area (Å²) in [7, 11) is 0. The van der Waals surface area contributed by atoms with Crippen LogP contribution in [0.1, 0.15) is 103 Å². The smallest absolute Gasteiger partial charge is 0.315 e. The molecule has 0 unspecified atom stereocenters. The van der Waals surface area contributed by atoms with Crippen molar-refractivity contribution in [2.75, 3.05) is 26.2 Å². The van der Waals surface area contributed by atoms with Gasteiger partial charge in [0.1, 0.15) is 0 Å². The van der Waals surface area contributed by atoms with E-state index >= 15 is 0 Å². The zero-order valence-electron chi connectivity index (χ0n) is 28.8. The molecule has 0 N–H and O–H groups in total. The number of nitrogens with zero attached hydrogens (tertiary/aromatic N) is 2. The van der Waals surface area contributed by atoms with Crippen LogP contribution in [0.4, 0.5) is 0 Å². The summed E-state index contributed by atoms with van der Waals surface area (Å²) in [5, 5.41) is 0. The number of rotatable bonds is 12. The van der Waals surface area contributed by atoms with Crippen molar-refractivity contribution in [3.05, 3.63) is 106 Å². The Bertz CT molecular complexity index is 1470. The Kier molecular flexibility index (Phi) is 15.0. The minimum absolute atomic E-state index is 0. The monoisotopic (exact) mass is 680 g/mol. The summed E-state index contributed by atoms with van der Waals surface area (Å²) < 4.78 is 5.31. The highest BCUT2D eigenvalue weighted by Crippen LogP contribution is 2.29. The molecule has 0 bridgehead atoms. The fraction of sp³-hybridized carbons (Fsp3) is 0.500. The van der Waals surface area contributed by atoms with Gasteiger partial charge in [-0.25, -0.2) is 0 Å². The number of Topliss-reactive ketones (excluding diaryl/α,β-unsaturated/α-hetero) is 1. The third kappa shape index (κ3) is 10.4. The molecule has 2 aliphatic heterocycles. The standard InChI is InChI=1S/C40H52N2O3.2ClH/c1-5-45-39(44)40(3,4)37-16-8-13-32(25-37)27-41-23-20-31(21-24-41)12-9-17-38(43)34-19-18-33-15-10-22-42(29-36(33)26-34)28-35-14-7-6-11-30(35)2;;/h6-8,11,13-14,16,18-19,25-26,31H,5,9-10,12,15,17,20-24,27-29H2,1-4H3;2*1H. The molecule has 7 heteroatoms. The van der Waals surface area contributed by atoms with Crippen LogP contribution in [0.5, 0.6) is 0 Å². The van der Waals surface area contributed by atoms with Crippen LogP contribution in [0.3, 0.4) is 0 Å². The highest BCUT2D eigenvalue weighted by molar-refractivity contribution is 5.96. The molecule has 0 atom stereocenters. The molecule has 1 saturated heterocycles. The number of ketones is 1. The van der Waals surface area contributed by atoms with Crippen LogP contribution in [-0.4, -0.2) is 47.8 Å². The van der Waals surface area contributed by atoms with Crippen LogP contribution in [-0.2, 0) is 41.0 Å². The number of hydrogen-bond acceptors (Lipinski definition) is 5. The molecule has 5 rings (SSSR count). The van der Waals surface area contributed by atoms with Gasteiger partial charge in [0.05, 0.1) is 12.0 Å². The van der Waals surface area contributed by atoms with Crippen molar-refractivity contribution < 1.29 is 14.3 Å². The highest BCUT2D eigenvalue weighted by Gasteiger charge is 2.31.